The number of hydrogen-bond acceptors (Lipinski definition) is 5. The molecular weight excluding hydrogens is 421 g/mol. The number of urea groups is 1. The summed E-state index contributed by atoms with van der Waals surface area (Å²) in [4.78, 5) is 29.5. The van der Waals surface area contributed by atoms with Crippen molar-refractivity contribution in [2.75, 3.05) is 28.2 Å². The van der Waals surface area contributed by atoms with E-state index in [1.54, 1.807) is 41.4 Å². The molecular formula is C22H19F3N6O. The monoisotopic (exact) mass is 440 g/mol. The van der Waals surface area contributed by atoms with E-state index in [4.69, 9.17) is 0 Å². The Hall–Kier alpha value is -3.69. The number of amides is 2. The maximum absolute atomic E-state index is 13.2. The van der Waals surface area contributed by atoms with Gasteiger partial charge in [0.1, 0.15) is 5.82 Å². The van der Waals surface area contributed by atoms with Crippen molar-refractivity contribution in [2.24, 2.45) is 0 Å². The van der Waals surface area contributed by atoms with Gasteiger partial charge in [-0.1, -0.05) is 6.07 Å². The van der Waals surface area contributed by atoms with E-state index >= 15 is 0 Å². The quantitative estimate of drug-likeness (QED) is 0.632. The zero-order valence-corrected chi connectivity index (χ0v) is 16.9. The predicted octanol–water partition coefficient (Wildman–Crippen LogP) is 4.58. The minimum absolute atomic E-state index is 0.0950. The highest BCUT2D eigenvalue weighted by molar-refractivity contribution is 6.04. The molecule has 0 spiro atoms. The van der Waals surface area contributed by atoms with E-state index in [-0.39, 0.29) is 17.6 Å². The Labute approximate surface area is 181 Å². The molecule has 1 saturated heterocycles. The molecule has 0 aliphatic carbocycles. The first kappa shape index (κ1) is 20.2. The number of nitrogens with zero attached hydrogens (tertiary/aromatic N) is 5. The molecule has 0 saturated carbocycles. The van der Waals surface area contributed by atoms with Gasteiger partial charge in [0, 0.05) is 37.2 Å². The third-order valence-electron chi connectivity index (χ3n) is 5.67. The Bertz CT molecular complexity index is 1150. The van der Waals surface area contributed by atoms with E-state index in [0.717, 1.165) is 37.3 Å². The van der Waals surface area contributed by atoms with Gasteiger partial charge in [-0.05, 0) is 43.2 Å². The summed E-state index contributed by atoms with van der Waals surface area (Å²) in [5, 5.41) is 2.80. The van der Waals surface area contributed by atoms with Crippen LogP contribution in [0.3, 0.4) is 0 Å². The lowest BCUT2D eigenvalue weighted by Gasteiger charge is -2.45. The fourth-order valence-electron chi connectivity index (χ4n) is 4.19. The van der Waals surface area contributed by atoms with E-state index in [2.05, 4.69) is 25.2 Å². The summed E-state index contributed by atoms with van der Waals surface area (Å²) in [5.41, 5.74) is 0.485. The molecule has 10 heteroatoms. The van der Waals surface area contributed by atoms with Crippen molar-refractivity contribution in [2.45, 2.75) is 25.1 Å². The van der Waals surface area contributed by atoms with Gasteiger partial charge in [0.15, 0.2) is 5.82 Å². The normalized spacial score (nSPS) is 17.7. The molecule has 2 bridgehead atoms. The minimum atomic E-state index is -4.51. The third-order valence-corrected chi connectivity index (χ3v) is 5.67. The summed E-state index contributed by atoms with van der Waals surface area (Å²) in [6.07, 6.45) is 0.934. The number of halogens is 3. The molecule has 32 heavy (non-hydrogen) atoms. The molecule has 0 aromatic carbocycles. The Morgan fingerprint density at radius 2 is 2.03 bits per heavy atom. The average molecular weight is 440 g/mol. The Kier molecular flexibility index (Phi) is 4.91. The maximum atomic E-state index is 13.2. The van der Waals surface area contributed by atoms with Gasteiger partial charge in [0.2, 0.25) is 0 Å². The van der Waals surface area contributed by atoms with Crippen LogP contribution in [0.2, 0.25) is 0 Å². The van der Waals surface area contributed by atoms with Gasteiger partial charge in [0.25, 0.3) is 0 Å². The molecule has 164 valence electrons. The molecule has 2 aliphatic heterocycles. The second-order valence-corrected chi connectivity index (χ2v) is 7.76. The van der Waals surface area contributed by atoms with Crippen LogP contribution < -0.4 is 15.1 Å². The number of anilines is 3. The largest absolute Gasteiger partial charge is 0.417 e. The second kappa shape index (κ2) is 7.77. The lowest BCUT2D eigenvalue weighted by molar-refractivity contribution is -0.137. The van der Waals surface area contributed by atoms with E-state index in [0.29, 0.717) is 23.9 Å². The van der Waals surface area contributed by atoms with Crippen LogP contribution in [0.15, 0.2) is 55.0 Å². The molecule has 1 fully saturated rings. The van der Waals surface area contributed by atoms with Gasteiger partial charge in [-0.2, -0.15) is 13.2 Å². The molecule has 0 radical (unpaired) electrons. The number of rotatable bonds is 2. The number of hydrogen-bond donors (Lipinski definition) is 1. The van der Waals surface area contributed by atoms with Crippen molar-refractivity contribution < 1.29 is 18.0 Å². The fraction of sp³-hybridized carbons (Fsp3) is 0.273. The van der Waals surface area contributed by atoms with E-state index in [1.807, 2.05) is 0 Å². The number of nitrogens with one attached hydrogen (secondary N) is 1. The number of pyridine rings is 3. The highest BCUT2D eigenvalue weighted by Crippen LogP contribution is 2.40. The minimum Gasteiger partial charge on any atom is -0.366 e. The van der Waals surface area contributed by atoms with E-state index in [1.165, 1.54) is 6.20 Å². The SMILES string of the molecule is O=C(Nc1ccccn1)N1c2nc(-c3cncc(C(F)(F)F)c3)ccc2N2CCC[C@H]1C2. The summed E-state index contributed by atoms with van der Waals surface area (Å²) in [6.45, 7) is 1.51. The summed E-state index contributed by atoms with van der Waals surface area (Å²) in [6, 6.07) is 9.23. The van der Waals surface area contributed by atoms with Crippen LogP contribution in [-0.4, -0.2) is 40.1 Å². The molecule has 7 nitrogen and oxygen atoms in total. The summed E-state index contributed by atoms with van der Waals surface area (Å²) in [5.74, 6) is 0.833. The standard InChI is InChI=1S/C22H19F3N6O/c23-22(24,25)15-10-14(11-26-12-15)17-6-7-18-20(28-17)31(16-4-3-9-30(18)13-16)21(32)29-19-5-1-2-8-27-19/h1-2,5-8,10-12,16H,3-4,9,13H2,(H,27,29,32)/t16-/m0/s1. The van der Waals surface area contributed by atoms with Crippen LogP contribution in [0.25, 0.3) is 11.3 Å². The molecule has 5 heterocycles. The molecule has 3 aromatic heterocycles. The predicted molar refractivity (Wildman–Crippen MR) is 113 cm³/mol. The maximum Gasteiger partial charge on any atom is 0.417 e. The first-order chi connectivity index (χ1) is 15.4. The number of alkyl halides is 3. The number of fused-ring (bicyclic) bond motifs is 4. The van der Waals surface area contributed by atoms with Gasteiger partial charge >= 0.3 is 12.2 Å². The Balaban J connectivity index is 1.55. The number of carbonyl (C=O) groups excluding carboxylic acids is 1. The van der Waals surface area contributed by atoms with Crippen LogP contribution in [-0.2, 0) is 6.18 Å². The van der Waals surface area contributed by atoms with Crippen LogP contribution in [0.4, 0.5) is 35.3 Å². The topological polar surface area (TPSA) is 74.2 Å². The van der Waals surface area contributed by atoms with Crippen molar-refractivity contribution in [3.8, 4) is 11.3 Å². The number of piperidine rings is 1. The smallest absolute Gasteiger partial charge is 0.366 e. The molecule has 1 atom stereocenters. The molecule has 0 unspecified atom stereocenters. The zero-order chi connectivity index (χ0) is 22.3. The van der Waals surface area contributed by atoms with Gasteiger partial charge in [-0.3, -0.25) is 15.2 Å². The van der Waals surface area contributed by atoms with Crippen molar-refractivity contribution in [3.63, 3.8) is 0 Å². The summed E-state index contributed by atoms with van der Waals surface area (Å²) < 4.78 is 39.5. The first-order valence-corrected chi connectivity index (χ1v) is 10.2. The van der Waals surface area contributed by atoms with Crippen molar-refractivity contribution >= 4 is 23.4 Å². The molecule has 5 rings (SSSR count). The highest BCUT2D eigenvalue weighted by atomic mass is 19.4. The van der Waals surface area contributed by atoms with Gasteiger partial charge < -0.3 is 4.90 Å². The van der Waals surface area contributed by atoms with Crippen molar-refractivity contribution in [1.29, 1.82) is 0 Å². The molecule has 2 aliphatic rings. The van der Waals surface area contributed by atoms with E-state index < -0.39 is 11.7 Å². The Morgan fingerprint density at radius 1 is 1.16 bits per heavy atom. The summed E-state index contributed by atoms with van der Waals surface area (Å²) >= 11 is 0. The second-order valence-electron chi connectivity index (χ2n) is 7.76. The Morgan fingerprint density at radius 3 is 2.81 bits per heavy atom. The molecule has 2 amide bonds. The highest BCUT2D eigenvalue weighted by Gasteiger charge is 2.38. The van der Waals surface area contributed by atoms with Gasteiger partial charge in [0.05, 0.1) is 23.0 Å². The lowest BCUT2D eigenvalue weighted by Crippen LogP contribution is -2.56. The van der Waals surface area contributed by atoms with Crippen LogP contribution >= 0.6 is 0 Å². The van der Waals surface area contributed by atoms with E-state index in [9.17, 15) is 18.0 Å². The average Bonchev–Trinajstić information content (AvgIpc) is 2.79. The van der Waals surface area contributed by atoms with Crippen LogP contribution in [0.5, 0.6) is 0 Å². The number of carbonyl (C=O) groups is 1. The first-order valence-electron chi connectivity index (χ1n) is 10.2. The summed E-state index contributed by atoms with van der Waals surface area (Å²) in [7, 11) is 0. The van der Waals surface area contributed by atoms with Gasteiger partial charge in [-0.15, -0.1) is 0 Å². The molecule has 1 N–H and O–H groups in total. The molecule has 3 aromatic rings. The van der Waals surface area contributed by atoms with Crippen molar-refractivity contribution in [3.05, 3.63) is 60.6 Å². The lowest BCUT2D eigenvalue weighted by atomic mass is 9.99. The zero-order valence-electron chi connectivity index (χ0n) is 16.9. The number of aromatic nitrogens is 3. The van der Waals surface area contributed by atoms with Gasteiger partial charge in [-0.25, -0.2) is 14.8 Å². The van der Waals surface area contributed by atoms with Crippen LogP contribution in [0.1, 0.15) is 18.4 Å². The van der Waals surface area contributed by atoms with Crippen molar-refractivity contribution in [1.82, 2.24) is 15.0 Å². The third kappa shape index (κ3) is 3.72. The fourth-order valence-corrected chi connectivity index (χ4v) is 4.19. The van der Waals surface area contributed by atoms with Crippen LogP contribution in [0, 0.1) is 0 Å².